The average Bonchev–Trinajstić information content (AvgIpc) is 2.42. The van der Waals surface area contributed by atoms with Gasteiger partial charge in [0.1, 0.15) is 0 Å². The summed E-state index contributed by atoms with van der Waals surface area (Å²) >= 11 is 0. The van der Waals surface area contributed by atoms with Gasteiger partial charge in [-0.15, -0.1) is 0 Å². The van der Waals surface area contributed by atoms with Gasteiger partial charge in [0, 0.05) is 36.7 Å². The number of carboxylic acids is 2. The van der Waals surface area contributed by atoms with Crippen LogP contribution < -0.4 is 10.2 Å². The van der Waals surface area contributed by atoms with Crippen LogP contribution in [0.15, 0.2) is 61.2 Å². The molecule has 0 aliphatic heterocycles. The van der Waals surface area contributed by atoms with Crippen LogP contribution in [0.4, 0.5) is 0 Å². The number of pyridine rings is 2. The molecule has 0 aliphatic rings. The van der Waals surface area contributed by atoms with Gasteiger partial charge in [-0.05, 0) is 38.1 Å². The smallest absolute Gasteiger partial charge is 0.550 e. The molecule has 0 aromatic carbocycles. The molecule has 0 amide bonds. The van der Waals surface area contributed by atoms with Gasteiger partial charge in [0.25, 0.3) is 0 Å². The minimum atomic E-state index is -1.08. The molecule has 0 unspecified atom stereocenters. The third-order valence-corrected chi connectivity index (χ3v) is 1.13. The molecule has 0 fully saturated rings. The van der Waals surface area contributed by atoms with Crippen LogP contribution in [0.25, 0.3) is 0 Å². The summed E-state index contributed by atoms with van der Waals surface area (Å²) in [4.78, 5) is 25.3. The molecule has 21 heavy (non-hydrogen) atoms. The zero-order valence-electron chi connectivity index (χ0n) is 11.6. The van der Waals surface area contributed by atoms with Crippen molar-refractivity contribution in [3.05, 3.63) is 61.2 Å². The fourth-order valence-electron chi connectivity index (χ4n) is 0.625. The molecule has 0 atom stereocenters. The van der Waals surface area contributed by atoms with Crippen molar-refractivity contribution in [2.24, 2.45) is 0 Å². The third kappa shape index (κ3) is 46.1. The maximum absolute atomic E-state index is 8.89. The molecule has 0 aliphatic carbocycles. The molecular formula is C14H16N2O4Pt. The van der Waals surface area contributed by atoms with E-state index in [1.165, 1.54) is 0 Å². The van der Waals surface area contributed by atoms with Crippen molar-refractivity contribution in [2.45, 2.75) is 13.8 Å². The summed E-state index contributed by atoms with van der Waals surface area (Å²) in [6.45, 7) is 1.94. The van der Waals surface area contributed by atoms with Crippen molar-refractivity contribution in [3.63, 3.8) is 0 Å². The van der Waals surface area contributed by atoms with Gasteiger partial charge in [-0.25, -0.2) is 0 Å². The molecule has 0 saturated carbocycles. The molecule has 2 aromatic heterocycles. The Morgan fingerprint density at radius 3 is 0.905 bits per heavy atom. The zero-order chi connectivity index (χ0) is 15.6. The molecule has 2 heterocycles. The van der Waals surface area contributed by atoms with E-state index in [9.17, 15) is 0 Å². The maximum atomic E-state index is 8.89. The molecular weight excluding hydrogens is 455 g/mol. The van der Waals surface area contributed by atoms with Gasteiger partial charge < -0.3 is 19.8 Å². The van der Waals surface area contributed by atoms with Crippen molar-refractivity contribution in [3.8, 4) is 0 Å². The predicted octanol–water partition coefficient (Wildman–Crippen LogP) is -0.327. The number of hydrogen-bond donors (Lipinski definition) is 0. The fraction of sp³-hybridized carbons (Fsp3) is 0.143. The van der Waals surface area contributed by atoms with Crippen molar-refractivity contribution >= 4 is 11.9 Å². The Kier molecular flexibility index (Phi) is 23.1. The Hall–Kier alpha value is -2.07. The first-order valence-corrected chi connectivity index (χ1v) is 5.52. The number of carboxylic acid groups (broad SMARTS) is 2. The summed E-state index contributed by atoms with van der Waals surface area (Å²) in [7, 11) is 0. The summed E-state index contributed by atoms with van der Waals surface area (Å²) in [5.74, 6) is -2.17. The van der Waals surface area contributed by atoms with Crippen LogP contribution >= 0.6 is 0 Å². The number of carbonyl (C=O) groups excluding carboxylic acids is 2. The number of hydrogen-bond acceptors (Lipinski definition) is 6. The first-order chi connectivity index (χ1) is 9.46. The van der Waals surface area contributed by atoms with Crippen LogP contribution in [-0.2, 0) is 30.7 Å². The fourth-order valence-corrected chi connectivity index (χ4v) is 0.625. The molecule has 0 bridgehead atoms. The van der Waals surface area contributed by atoms with E-state index in [2.05, 4.69) is 9.97 Å². The minimum Gasteiger partial charge on any atom is -0.550 e. The summed E-state index contributed by atoms with van der Waals surface area (Å²) in [5, 5.41) is 17.8. The van der Waals surface area contributed by atoms with Crippen molar-refractivity contribution in [1.82, 2.24) is 9.97 Å². The molecule has 0 spiro atoms. The maximum Gasteiger partial charge on any atom is 2.00 e. The number of aliphatic carboxylic acids is 2. The van der Waals surface area contributed by atoms with E-state index in [4.69, 9.17) is 19.8 Å². The Morgan fingerprint density at radius 1 is 0.667 bits per heavy atom. The number of rotatable bonds is 0. The minimum absolute atomic E-state index is 0. The molecule has 0 saturated heterocycles. The summed E-state index contributed by atoms with van der Waals surface area (Å²) in [5.41, 5.74) is 0. The molecule has 2 aromatic rings. The van der Waals surface area contributed by atoms with Crippen LogP contribution in [0.5, 0.6) is 0 Å². The molecule has 7 heteroatoms. The van der Waals surface area contributed by atoms with Gasteiger partial charge in [0.15, 0.2) is 0 Å². The van der Waals surface area contributed by atoms with E-state index in [0.29, 0.717) is 0 Å². The molecule has 6 nitrogen and oxygen atoms in total. The monoisotopic (exact) mass is 471 g/mol. The van der Waals surface area contributed by atoms with E-state index >= 15 is 0 Å². The van der Waals surface area contributed by atoms with Crippen LogP contribution in [0.3, 0.4) is 0 Å². The average molecular weight is 471 g/mol. The standard InChI is InChI=1S/2C5H5N.2C2H4O2.Pt/c2*1-2-4-6-5-3-1;2*1-2(3)4;/h2*1-5H;2*1H3,(H,3,4);/q;;;;+2/p-2. The van der Waals surface area contributed by atoms with E-state index < -0.39 is 11.9 Å². The second-order valence-electron chi connectivity index (χ2n) is 3.03. The van der Waals surface area contributed by atoms with E-state index in [-0.39, 0.29) is 21.1 Å². The van der Waals surface area contributed by atoms with Gasteiger partial charge in [0.05, 0.1) is 0 Å². The van der Waals surface area contributed by atoms with Crippen molar-refractivity contribution in [2.75, 3.05) is 0 Å². The second-order valence-corrected chi connectivity index (χ2v) is 3.03. The van der Waals surface area contributed by atoms with E-state index in [0.717, 1.165) is 13.8 Å². The van der Waals surface area contributed by atoms with Crippen LogP contribution in [0.1, 0.15) is 13.8 Å². The van der Waals surface area contributed by atoms with Gasteiger partial charge in [-0.1, -0.05) is 12.1 Å². The molecule has 0 N–H and O–H groups in total. The Balaban J connectivity index is -0.000000208. The van der Waals surface area contributed by atoms with Crippen LogP contribution in [-0.4, -0.2) is 21.9 Å². The molecule has 0 radical (unpaired) electrons. The van der Waals surface area contributed by atoms with Crippen LogP contribution in [0, 0.1) is 0 Å². The summed E-state index contributed by atoms with van der Waals surface area (Å²) < 4.78 is 0. The second kappa shape index (κ2) is 20.3. The number of carbonyl (C=O) groups is 2. The zero-order valence-corrected chi connectivity index (χ0v) is 13.9. The van der Waals surface area contributed by atoms with Gasteiger partial charge in [0.2, 0.25) is 0 Å². The first kappa shape index (κ1) is 24.0. The summed E-state index contributed by atoms with van der Waals surface area (Å²) in [6, 6.07) is 11.4. The van der Waals surface area contributed by atoms with E-state index in [1.54, 1.807) is 24.8 Å². The van der Waals surface area contributed by atoms with E-state index in [1.807, 2.05) is 36.4 Å². The van der Waals surface area contributed by atoms with Crippen LogP contribution in [0.2, 0.25) is 0 Å². The van der Waals surface area contributed by atoms with Gasteiger partial charge in [-0.2, -0.15) is 0 Å². The number of aromatic nitrogens is 2. The van der Waals surface area contributed by atoms with Crippen molar-refractivity contribution in [1.29, 1.82) is 0 Å². The van der Waals surface area contributed by atoms with Gasteiger partial charge in [-0.3, -0.25) is 9.97 Å². The number of nitrogens with zero attached hydrogens (tertiary/aromatic N) is 2. The topological polar surface area (TPSA) is 106 Å². The Bertz CT molecular complexity index is 336. The predicted molar refractivity (Wildman–Crippen MR) is 69.8 cm³/mol. The molecule has 116 valence electrons. The Morgan fingerprint density at radius 2 is 0.857 bits per heavy atom. The Labute approximate surface area is 138 Å². The largest absolute Gasteiger partial charge is 2.00 e. The van der Waals surface area contributed by atoms with Crippen molar-refractivity contribution < 1.29 is 40.9 Å². The SMILES string of the molecule is CC(=O)[O-].CC(=O)[O-].[Pt+2].c1ccncc1.c1ccncc1. The third-order valence-electron chi connectivity index (χ3n) is 1.13. The first-order valence-electron chi connectivity index (χ1n) is 5.52. The quantitative estimate of drug-likeness (QED) is 0.521. The summed E-state index contributed by atoms with van der Waals surface area (Å²) in [6.07, 6.45) is 7.00. The molecule has 2 rings (SSSR count). The van der Waals surface area contributed by atoms with Gasteiger partial charge >= 0.3 is 21.1 Å². The normalized spacial score (nSPS) is 6.95.